The molecular weight excluding hydrogens is 272 g/mol. The first kappa shape index (κ1) is 12.5. The van der Waals surface area contributed by atoms with Crippen molar-refractivity contribution < 1.29 is 9.59 Å². The highest BCUT2D eigenvalue weighted by molar-refractivity contribution is 7.12. The van der Waals surface area contributed by atoms with E-state index in [2.05, 4.69) is 5.10 Å². The molecule has 0 fully saturated rings. The van der Waals surface area contributed by atoms with Gasteiger partial charge in [0.2, 0.25) is 0 Å². The number of nitrogens with zero attached hydrogens (tertiary/aromatic N) is 2. The molecule has 0 radical (unpaired) electrons. The van der Waals surface area contributed by atoms with Crippen molar-refractivity contribution in [3.05, 3.63) is 64.5 Å². The maximum absolute atomic E-state index is 12.1. The molecule has 2 aromatic heterocycles. The highest BCUT2D eigenvalue weighted by Crippen LogP contribution is 2.18. The third-order valence-corrected chi connectivity index (χ3v) is 3.73. The second-order valence-electron chi connectivity index (χ2n) is 4.17. The molecule has 4 nitrogen and oxygen atoms in total. The van der Waals surface area contributed by atoms with Gasteiger partial charge in [-0.05, 0) is 17.5 Å². The van der Waals surface area contributed by atoms with Crippen LogP contribution < -0.4 is 0 Å². The van der Waals surface area contributed by atoms with Crippen LogP contribution in [0.2, 0.25) is 0 Å². The van der Waals surface area contributed by atoms with Gasteiger partial charge in [0.05, 0.1) is 10.6 Å². The topological polar surface area (TPSA) is 52.0 Å². The summed E-state index contributed by atoms with van der Waals surface area (Å²) in [5.74, 6) is -0.143. The molecule has 20 heavy (non-hydrogen) atoms. The van der Waals surface area contributed by atoms with E-state index >= 15 is 0 Å². The predicted molar refractivity (Wildman–Crippen MR) is 77.1 cm³/mol. The Kier molecular flexibility index (Phi) is 3.26. The van der Waals surface area contributed by atoms with E-state index in [9.17, 15) is 9.59 Å². The van der Waals surface area contributed by atoms with Gasteiger partial charge in [-0.25, -0.2) is 4.68 Å². The van der Waals surface area contributed by atoms with Gasteiger partial charge in [0, 0.05) is 17.3 Å². The van der Waals surface area contributed by atoms with E-state index in [-0.39, 0.29) is 5.91 Å². The molecule has 0 amide bonds. The smallest absolute Gasteiger partial charge is 0.288 e. The zero-order valence-corrected chi connectivity index (χ0v) is 11.2. The molecule has 98 valence electrons. The number of thiophene rings is 1. The fourth-order valence-corrected chi connectivity index (χ4v) is 2.49. The van der Waals surface area contributed by atoms with E-state index in [4.69, 9.17) is 0 Å². The Morgan fingerprint density at radius 3 is 2.60 bits per heavy atom. The molecule has 0 aliphatic heterocycles. The molecule has 3 rings (SSSR count). The molecule has 0 bridgehead atoms. The van der Waals surface area contributed by atoms with Gasteiger partial charge in [-0.15, -0.1) is 11.3 Å². The summed E-state index contributed by atoms with van der Waals surface area (Å²) < 4.78 is 1.33. The van der Waals surface area contributed by atoms with Crippen molar-refractivity contribution in [2.24, 2.45) is 0 Å². The molecule has 1 aromatic carbocycles. The first-order chi connectivity index (χ1) is 9.78. The van der Waals surface area contributed by atoms with E-state index in [0.29, 0.717) is 16.1 Å². The van der Waals surface area contributed by atoms with Gasteiger partial charge < -0.3 is 0 Å². The van der Waals surface area contributed by atoms with Crippen molar-refractivity contribution in [1.29, 1.82) is 0 Å². The van der Waals surface area contributed by atoms with Gasteiger partial charge in [0.15, 0.2) is 0 Å². The zero-order valence-electron chi connectivity index (χ0n) is 10.4. The molecule has 3 aromatic rings. The number of hydrogen-bond donors (Lipinski definition) is 0. The summed E-state index contributed by atoms with van der Waals surface area (Å²) in [4.78, 5) is 23.4. The highest BCUT2D eigenvalue weighted by Gasteiger charge is 2.11. The van der Waals surface area contributed by atoms with Crippen LogP contribution >= 0.6 is 11.3 Å². The number of carbonyl (C=O) groups is 2. The molecule has 0 aliphatic rings. The Bertz CT molecular complexity index is 743. The quantitative estimate of drug-likeness (QED) is 0.694. The minimum atomic E-state index is -0.143. The van der Waals surface area contributed by atoms with E-state index in [1.807, 2.05) is 23.6 Å². The normalized spacial score (nSPS) is 10.4. The average Bonchev–Trinajstić information content (AvgIpc) is 3.18. The molecule has 0 spiro atoms. The van der Waals surface area contributed by atoms with Crippen LogP contribution in [0.25, 0.3) is 11.3 Å². The summed E-state index contributed by atoms with van der Waals surface area (Å²) in [6.45, 7) is 0. The molecule has 0 N–H and O–H groups in total. The van der Waals surface area contributed by atoms with E-state index in [1.54, 1.807) is 30.5 Å². The standard InChI is InChI=1S/C15H10N2O2S/c18-10-11-3-5-12(6-4-11)13-7-8-17(16-13)15(19)14-2-1-9-20-14/h1-10H. The zero-order chi connectivity index (χ0) is 13.9. The summed E-state index contributed by atoms with van der Waals surface area (Å²) in [6.07, 6.45) is 2.44. The molecule has 0 atom stereocenters. The van der Waals surface area contributed by atoms with E-state index in [1.165, 1.54) is 16.0 Å². The Labute approximate surface area is 119 Å². The van der Waals surface area contributed by atoms with Crippen LogP contribution in [0.4, 0.5) is 0 Å². The van der Waals surface area contributed by atoms with Gasteiger partial charge in [0.25, 0.3) is 5.91 Å². The first-order valence-electron chi connectivity index (χ1n) is 5.97. The average molecular weight is 282 g/mol. The maximum Gasteiger partial charge on any atom is 0.288 e. The molecular formula is C15H10N2O2S. The summed E-state index contributed by atoms with van der Waals surface area (Å²) in [5.41, 5.74) is 2.18. The minimum Gasteiger partial charge on any atom is -0.298 e. The monoisotopic (exact) mass is 282 g/mol. The molecule has 0 aliphatic carbocycles. The lowest BCUT2D eigenvalue weighted by atomic mass is 10.1. The lowest BCUT2D eigenvalue weighted by molar-refractivity contribution is 0.0949. The summed E-state index contributed by atoms with van der Waals surface area (Å²) in [7, 11) is 0. The van der Waals surface area contributed by atoms with Crippen LogP contribution in [-0.4, -0.2) is 22.0 Å². The number of benzene rings is 1. The van der Waals surface area contributed by atoms with Gasteiger partial charge in [-0.2, -0.15) is 5.10 Å². The lowest BCUT2D eigenvalue weighted by Gasteiger charge is -1.98. The minimum absolute atomic E-state index is 0.143. The van der Waals surface area contributed by atoms with E-state index in [0.717, 1.165) is 11.8 Å². The van der Waals surface area contributed by atoms with Gasteiger partial charge in [-0.1, -0.05) is 30.3 Å². The van der Waals surface area contributed by atoms with Crippen molar-refractivity contribution in [1.82, 2.24) is 9.78 Å². The van der Waals surface area contributed by atoms with Crippen LogP contribution in [0.15, 0.2) is 54.0 Å². The fourth-order valence-electron chi connectivity index (χ4n) is 1.84. The fraction of sp³-hybridized carbons (Fsp3) is 0. The Morgan fingerprint density at radius 1 is 1.15 bits per heavy atom. The maximum atomic E-state index is 12.1. The molecule has 0 saturated heterocycles. The molecule has 0 saturated carbocycles. The second-order valence-corrected chi connectivity index (χ2v) is 5.12. The number of carbonyl (C=O) groups excluding carboxylic acids is 2. The highest BCUT2D eigenvalue weighted by atomic mass is 32.1. The van der Waals surface area contributed by atoms with Crippen LogP contribution in [0.3, 0.4) is 0 Å². The van der Waals surface area contributed by atoms with Crippen molar-refractivity contribution >= 4 is 23.5 Å². The SMILES string of the molecule is O=Cc1ccc(-c2ccn(C(=O)c3cccs3)n2)cc1. The van der Waals surface area contributed by atoms with Crippen molar-refractivity contribution in [3.63, 3.8) is 0 Å². The Hall–Kier alpha value is -2.53. The summed E-state index contributed by atoms with van der Waals surface area (Å²) in [6, 6.07) is 12.5. The van der Waals surface area contributed by atoms with Crippen molar-refractivity contribution in [2.75, 3.05) is 0 Å². The number of rotatable bonds is 3. The second kappa shape index (κ2) is 5.22. The molecule has 0 unspecified atom stereocenters. The molecule has 5 heteroatoms. The third-order valence-electron chi connectivity index (χ3n) is 2.87. The molecule has 2 heterocycles. The third kappa shape index (κ3) is 2.31. The number of aromatic nitrogens is 2. The Balaban J connectivity index is 1.89. The van der Waals surface area contributed by atoms with Crippen LogP contribution in [-0.2, 0) is 0 Å². The van der Waals surface area contributed by atoms with Crippen LogP contribution in [0, 0.1) is 0 Å². The predicted octanol–water partition coefficient (Wildman–Crippen LogP) is 3.11. The number of aldehydes is 1. The first-order valence-corrected chi connectivity index (χ1v) is 6.85. The van der Waals surface area contributed by atoms with Gasteiger partial charge in [0.1, 0.15) is 6.29 Å². The van der Waals surface area contributed by atoms with Crippen molar-refractivity contribution in [3.8, 4) is 11.3 Å². The van der Waals surface area contributed by atoms with Crippen LogP contribution in [0.1, 0.15) is 20.0 Å². The summed E-state index contributed by atoms with van der Waals surface area (Å²) >= 11 is 1.39. The summed E-state index contributed by atoms with van der Waals surface area (Å²) in [5, 5.41) is 6.13. The van der Waals surface area contributed by atoms with Crippen LogP contribution in [0.5, 0.6) is 0 Å². The van der Waals surface area contributed by atoms with Crippen molar-refractivity contribution in [2.45, 2.75) is 0 Å². The number of hydrogen-bond acceptors (Lipinski definition) is 4. The lowest BCUT2D eigenvalue weighted by Crippen LogP contribution is -2.10. The van der Waals surface area contributed by atoms with Gasteiger partial charge in [-0.3, -0.25) is 9.59 Å². The van der Waals surface area contributed by atoms with E-state index < -0.39 is 0 Å². The Morgan fingerprint density at radius 2 is 1.95 bits per heavy atom. The largest absolute Gasteiger partial charge is 0.298 e. The van der Waals surface area contributed by atoms with Gasteiger partial charge >= 0.3 is 0 Å².